The van der Waals surface area contributed by atoms with Crippen molar-refractivity contribution in [1.82, 2.24) is 10.2 Å². The summed E-state index contributed by atoms with van der Waals surface area (Å²) in [6.45, 7) is 5.40. The largest absolute Gasteiger partial charge is 0.351 e. The number of hydrogen-bond donors (Lipinski definition) is 2. The number of rotatable bonds is 5. The van der Waals surface area contributed by atoms with Gasteiger partial charge in [0.15, 0.2) is 0 Å². The average Bonchev–Trinajstić information content (AvgIpc) is 2.48. The fourth-order valence-corrected chi connectivity index (χ4v) is 3.66. The molecule has 0 radical (unpaired) electrons. The van der Waals surface area contributed by atoms with Crippen molar-refractivity contribution in [2.24, 2.45) is 11.7 Å². The molecular formula is C16H31N3O. The topological polar surface area (TPSA) is 58.4 Å². The first-order valence-electron chi connectivity index (χ1n) is 8.47. The van der Waals surface area contributed by atoms with E-state index in [0.717, 1.165) is 32.5 Å². The number of amides is 1. The number of piperidine rings is 1. The molecule has 116 valence electrons. The Labute approximate surface area is 123 Å². The van der Waals surface area contributed by atoms with Gasteiger partial charge < -0.3 is 16.0 Å². The molecule has 0 aromatic rings. The lowest BCUT2D eigenvalue weighted by atomic mass is 9.85. The Balaban J connectivity index is 1.72. The quantitative estimate of drug-likeness (QED) is 0.809. The van der Waals surface area contributed by atoms with Crippen LogP contribution in [0.5, 0.6) is 0 Å². The molecule has 3 N–H and O–H groups in total. The summed E-state index contributed by atoms with van der Waals surface area (Å²) in [6, 6.07) is -0.0105. The highest BCUT2D eigenvalue weighted by Crippen LogP contribution is 2.27. The zero-order valence-electron chi connectivity index (χ0n) is 12.9. The van der Waals surface area contributed by atoms with Gasteiger partial charge in [0.1, 0.15) is 0 Å². The first-order valence-corrected chi connectivity index (χ1v) is 8.47. The number of nitrogens with two attached hydrogens (primary N) is 1. The Bertz CT molecular complexity index is 302. The summed E-state index contributed by atoms with van der Waals surface area (Å²) < 4.78 is 0. The average molecular weight is 281 g/mol. The van der Waals surface area contributed by atoms with Crippen LogP contribution in [0.25, 0.3) is 0 Å². The zero-order chi connectivity index (χ0) is 14.4. The van der Waals surface area contributed by atoms with Gasteiger partial charge in [-0.1, -0.05) is 39.0 Å². The Morgan fingerprint density at radius 1 is 1.25 bits per heavy atom. The Hall–Kier alpha value is -0.610. The molecule has 4 nitrogen and oxygen atoms in total. The van der Waals surface area contributed by atoms with E-state index in [2.05, 4.69) is 17.1 Å². The molecule has 2 rings (SSSR count). The lowest BCUT2D eigenvalue weighted by Crippen LogP contribution is -2.52. The highest BCUT2D eigenvalue weighted by molar-refractivity contribution is 5.81. The number of carbonyl (C=O) groups is 1. The molecule has 2 unspecified atom stereocenters. The summed E-state index contributed by atoms with van der Waals surface area (Å²) in [5.74, 6) is 0.738. The van der Waals surface area contributed by atoms with Gasteiger partial charge in [-0.25, -0.2) is 0 Å². The van der Waals surface area contributed by atoms with Gasteiger partial charge in [-0.05, 0) is 38.3 Å². The van der Waals surface area contributed by atoms with Crippen LogP contribution in [0.1, 0.15) is 58.3 Å². The predicted molar refractivity (Wildman–Crippen MR) is 82.4 cm³/mol. The third-order valence-corrected chi connectivity index (χ3v) is 4.95. The van der Waals surface area contributed by atoms with Crippen molar-refractivity contribution < 1.29 is 4.79 Å². The standard InChI is InChI=1S/C16H31N3O/c1-2-19-10-6-9-14(12-19)18-16(20)15(17)11-13-7-4-3-5-8-13/h13-15H,2-12,17H2,1H3,(H,18,20). The summed E-state index contributed by atoms with van der Waals surface area (Å²) in [7, 11) is 0. The van der Waals surface area contributed by atoms with Crippen molar-refractivity contribution in [1.29, 1.82) is 0 Å². The SMILES string of the molecule is CCN1CCCC(NC(=O)C(N)CC2CCCCC2)C1. The third kappa shape index (κ3) is 4.74. The monoisotopic (exact) mass is 281 g/mol. The van der Waals surface area contributed by atoms with Crippen molar-refractivity contribution >= 4 is 5.91 Å². The van der Waals surface area contributed by atoms with E-state index in [4.69, 9.17) is 5.73 Å². The number of nitrogens with one attached hydrogen (secondary N) is 1. The summed E-state index contributed by atoms with van der Waals surface area (Å²) >= 11 is 0. The van der Waals surface area contributed by atoms with E-state index < -0.39 is 0 Å². The van der Waals surface area contributed by atoms with Crippen molar-refractivity contribution in [3.63, 3.8) is 0 Å². The van der Waals surface area contributed by atoms with Crippen LogP contribution in [0.15, 0.2) is 0 Å². The number of likely N-dealkylation sites (N-methyl/N-ethyl adjacent to an activating group) is 1. The predicted octanol–water partition coefficient (Wildman–Crippen LogP) is 1.88. The maximum atomic E-state index is 12.2. The Morgan fingerprint density at radius 3 is 2.70 bits per heavy atom. The molecule has 0 aromatic heterocycles. The molecule has 1 amide bonds. The molecule has 1 saturated heterocycles. The van der Waals surface area contributed by atoms with E-state index in [1.165, 1.54) is 38.5 Å². The van der Waals surface area contributed by atoms with Gasteiger partial charge in [0, 0.05) is 12.6 Å². The Morgan fingerprint density at radius 2 is 2.00 bits per heavy atom. The van der Waals surface area contributed by atoms with E-state index in [0.29, 0.717) is 12.0 Å². The molecule has 0 spiro atoms. The molecule has 20 heavy (non-hydrogen) atoms. The second kappa shape index (κ2) is 7.99. The van der Waals surface area contributed by atoms with Gasteiger partial charge in [-0.3, -0.25) is 4.79 Å². The van der Waals surface area contributed by atoms with Crippen LogP contribution in [-0.2, 0) is 4.79 Å². The van der Waals surface area contributed by atoms with Crippen molar-refractivity contribution in [2.45, 2.75) is 70.4 Å². The fourth-order valence-electron chi connectivity index (χ4n) is 3.66. The van der Waals surface area contributed by atoms with Crippen LogP contribution >= 0.6 is 0 Å². The van der Waals surface area contributed by atoms with Gasteiger partial charge in [0.05, 0.1) is 6.04 Å². The van der Waals surface area contributed by atoms with Crippen molar-refractivity contribution in [3.8, 4) is 0 Å². The summed E-state index contributed by atoms with van der Waals surface area (Å²) in [5.41, 5.74) is 6.11. The van der Waals surface area contributed by atoms with Gasteiger partial charge >= 0.3 is 0 Å². The van der Waals surface area contributed by atoms with Gasteiger partial charge in [0.25, 0.3) is 0 Å². The summed E-state index contributed by atoms with van der Waals surface area (Å²) in [6.07, 6.45) is 9.64. The van der Waals surface area contributed by atoms with E-state index in [9.17, 15) is 4.79 Å². The van der Waals surface area contributed by atoms with Crippen LogP contribution in [-0.4, -0.2) is 42.5 Å². The van der Waals surface area contributed by atoms with Gasteiger partial charge in [-0.2, -0.15) is 0 Å². The molecule has 1 saturated carbocycles. The minimum absolute atomic E-state index is 0.0681. The van der Waals surface area contributed by atoms with Crippen LogP contribution in [0.4, 0.5) is 0 Å². The summed E-state index contributed by atoms with van der Waals surface area (Å²) in [4.78, 5) is 14.6. The highest BCUT2D eigenvalue weighted by atomic mass is 16.2. The van der Waals surface area contributed by atoms with Crippen LogP contribution in [0.3, 0.4) is 0 Å². The van der Waals surface area contributed by atoms with E-state index >= 15 is 0 Å². The molecule has 1 heterocycles. The number of hydrogen-bond acceptors (Lipinski definition) is 3. The first-order chi connectivity index (χ1) is 9.69. The molecule has 2 fully saturated rings. The lowest BCUT2D eigenvalue weighted by Gasteiger charge is -2.33. The molecule has 2 aliphatic rings. The van der Waals surface area contributed by atoms with E-state index in [-0.39, 0.29) is 11.9 Å². The molecular weight excluding hydrogens is 250 g/mol. The first kappa shape index (κ1) is 15.8. The molecule has 0 bridgehead atoms. The van der Waals surface area contributed by atoms with Gasteiger partial charge in [0.2, 0.25) is 5.91 Å². The van der Waals surface area contributed by atoms with Crippen LogP contribution < -0.4 is 11.1 Å². The zero-order valence-corrected chi connectivity index (χ0v) is 12.9. The fraction of sp³-hybridized carbons (Fsp3) is 0.938. The third-order valence-electron chi connectivity index (χ3n) is 4.95. The maximum Gasteiger partial charge on any atom is 0.237 e. The van der Waals surface area contributed by atoms with Crippen molar-refractivity contribution in [2.75, 3.05) is 19.6 Å². The molecule has 1 aliphatic heterocycles. The normalized spacial score (nSPS) is 27.2. The number of nitrogens with zero attached hydrogens (tertiary/aromatic N) is 1. The van der Waals surface area contributed by atoms with Gasteiger partial charge in [-0.15, -0.1) is 0 Å². The summed E-state index contributed by atoms with van der Waals surface area (Å²) in [5, 5.41) is 3.17. The van der Waals surface area contributed by atoms with Crippen LogP contribution in [0.2, 0.25) is 0 Å². The highest BCUT2D eigenvalue weighted by Gasteiger charge is 2.25. The number of likely N-dealkylation sites (tertiary alicyclic amines) is 1. The number of carbonyl (C=O) groups excluding carboxylic acids is 1. The van der Waals surface area contributed by atoms with Crippen molar-refractivity contribution in [3.05, 3.63) is 0 Å². The van der Waals surface area contributed by atoms with Crippen LogP contribution in [0, 0.1) is 5.92 Å². The lowest BCUT2D eigenvalue weighted by molar-refractivity contribution is -0.123. The molecule has 4 heteroatoms. The molecule has 2 atom stereocenters. The second-order valence-electron chi connectivity index (χ2n) is 6.59. The Kier molecular flexibility index (Phi) is 6.30. The molecule has 0 aromatic carbocycles. The van der Waals surface area contributed by atoms with E-state index in [1.54, 1.807) is 0 Å². The smallest absolute Gasteiger partial charge is 0.237 e. The minimum atomic E-state index is -0.310. The maximum absolute atomic E-state index is 12.2. The minimum Gasteiger partial charge on any atom is -0.351 e. The second-order valence-corrected chi connectivity index (χ2v) is 6.59. The van der Waals surface area contributed by atoms with E-state index in [1.807, 2.05) is 0 Å². The molecule has 1 aliphatic carbocycles.